The SMILES string of the molecule is COC(=O)CNC(=O)C(c1cccc(O)c1)N(C(=O)C(Cc1ccc(O)cc1)NC(=O)OC(C)(C)C)C(C)CCC(C)C. The van der Waals surface area contributed by atoms with Crippen molar-refractivity contribution in [1.82, 2.24) is 15.5 Å². The van der Waals surface area contributed by atoms with Crippen molar-refractivity contribution in [2.45, 2.75) is 84.5 Å². The van der Waals surface area contributed by atoms with Gasteiger partial charge in [-0.3, -0.25) is 14.4 Å². The molecule has 11 heteroatoms. The summed E-state index contributed by atoms with van der Waals surface area (Å²) < 4.78 is 10.1. The van der Waals surface area contributed by atoms with Crippen molar-refractivity contribution in [2.75, 3.05) is 13.7 Å². The van der Waals surface area contributed by atoms with Crippen LogP contribution in [0.5, 0.6) is 11.5 Å². The third-order valence-electron chi connectivity index (χ3n) is 6.60. The monoisotopic (exact) mass is 599 g/mol. The molecule has 3 unspecified atom stereocenters. The van der Waals surface area contributed by atoms with Gasteiger partial charge in [0, 0.05) is 12.5 Å². The summed E-state index contributed by atoms with van der Waals surface area (Å²) in [6.07, 6.45) is 0.483. The zero-order chi connectivity index (χ0) is 32.3. The van der Waals surface area contributed by atoms with Crippen LogP contribution in [0.15, 0.2) is 48.5 Å². The Balaban J connectivity index is 2.65. The van der Waals surface area contributed by atoms with Gasteiger partial charge in [-0.25, -0.2) is 4.79 Å². The maximum absolute atomic E-state index is 14.6. The number of nitrogens with zero attached hydrogens (tertiary/aromatic N) is 1. The second-order valence-electron chi connectivity index (χ2n) is 11.9. The first-order chi connectivity index (χ1) is 20.1. The summed E-state index contributed by atoms with van der Waals surface area (Å²) in [5.41, 5.74) is 0.122. The molecule has 2 aromatic carbocycles. The van der Waals surface area contributed by atoms with E-state index < -0.39 is 54.1 Å². The van der Waals surface area contributed by atoms with Crippen LogP contribution in [0.1, 0.15) is 71.6 Å². The number of methoxy groups -OCH3 is 1. The number of phenols is 2. The number of carbonyl (C=O) groups excluding carboxylic acids is 4. The molecule has 0 heterocycles. The van der Waals surface area contributed by atoms with Crippen LogP contribution in [0.2, 0.25) is 0 Å². The Bertz CT molecular complexity index is 1240. The smallest absolute Gasteiger partial charge is 0.408 e. The molecular formula is C32H45N3O8. The fraction of sp³-hybridized carbons (Fsp3) is 0.500. The highest BCUT2D eigenvalue weighted by atomic mass is 16.6. The molecule has 0 aliphatic heterocycles. The highest BCUT2D eigenvalue weighted by molar-refractivity contribution is 5.93. The Morgan fingerprint density at radius 2 is 1.58 bits per heavy atom. The van der Waals surface area contributed by atoms with Crippen molar-refractivity contribution < 1.29 is 38.9 Å². The number of hydrogen-bond acceptors (Lipinski definition) is 8. The molecule has 0 aliphatic carbocycles. The molecule has 43 heavy (non-hydrogen) atoms. The number of rotatable bonds is 13. The minimum Gasteiger partial charge on any atom is -0.508 e. The van der Waals surface area contributed by atoms with Gasteiger partial charge in [0.1, 0.15) is 35.7 Å². The lowest BCUT2D eigenvalue weighted by atomic mass is 9.95. The first-order valence-electron chi connectivity index (χ1n) is 14.3. The van der Waals surface area contributed by atoms with Crippen molar-refractivity contribution in [3.63, 3.8) is 0 Å². The number of aromatic hydroxyl groups is 2. The van der Waals surface area contributed by atoms with Crippen LogP contribution in [-0.4, -0.2) is 70.3 Å². The number of nitrogens with one attached hydrogen (secondary N) is 2. The Hall–Kier alpha value is -4.28. The first kappa shape index (κ1) is 34.9. The maximum Gasteiger partial charge on any atom is 0.408 e. The van der Waals surface area contributed by atoms with Gasteiger partial charge < -0.3 is 35.2 Å². The molecule has 4 N–H and O–H groups in total. The standard InChI is InChI=1S/C32H45N3O8/c1-20(2)11-12-21(3)35(28(23-9-8-10-25(37)18-23)29(39)33-19-27(38)42-7)30(40)26(34-31(41)43-32(4,5)6)17-22-13-15-24(36)16-14-22/h8-10,13-16,18,20-21,26,28,36-37H,11-12,17,19H2,1-7H3,(H,33,39)(H,34,41). The predicted molar refractivity (Wildman–Crippen MR) is 161 cm³/mol. The quantitative estimate of drug-likeness (QED) is 0.250. The van der Waals surface area contributed by atoms with Crippen LogP contribution < -0.4 is 10.6 Å². The molecule has 0 aromatic heterocycles. The van der Waals surface area contributed by atoms with E-state index in [2.05, 4.69) is 15.4 Å². The van der Waals surface area contributed by atoms with Crippen LogP contribution in [0.4, 0.5) is 4.79 Å². The van der Waals surface area contributed by atoms with Gasteiger partial charge in [0.15, 0.2) is 0 Å². The topological polar surface area (TPSA) is 154 Å². The van der Waals surface area contributed by atoms with E-state index in [1.807, 2.05) is 20.8 Å². The number of ether oxygens (including phenoxy) is 2. The number of alkyl carbamates (subject to hydrolysis) is 1. The van der Waals surface area contributed by atoms with E-state index in [0.29, 0.717) is 23.5 Å². The summed E-state index contributed by atoms with van der Waals surface area (Å²) >= 11 is 0. The van der Waals surface area contributed by atoms with Crippen molar-refractivity contribution in [2.24, 2.45) is 5.92 Å². The van der Waals surface area contributed by atoms with Crippen molar-refractivity contribution >= 4 is 23.9 Å². The maximum atomic E-state index is 14.6. The molecule has 0 saturated carbocycles. The largest absolute Gasteiger partial charge is 0.508 e. The van der Waals surface area contributed by atoms with E-state index in [9.17, 15) is 29.4 Å². The van der Waals surface area contributed by atoms with Crippen LogP contribution in [0.25, 0.3) is 0 Å². The van der Waals surface area contributed by atoms with Gasteiger partial charge in [0.2, 0.25) is 11.8 Å². The molecule has 0 fully saturated rings. The first-order valence-corrected chi connectivity index (χ1v) is 14.3. The molecule has 0 bridgehead atoms. The fourth-order valence-electron chi connectivity index (χ4n) is 4.47. The van der Waals surface area contributed by atoms with Crippen molar-refractivity contribution in [3.05, 3.63) is 59.7 Å². The molecule has 0 spiro atoms. The summed E-state index contributed by atoms with van der Waals surface area (Å²) in [7, 11) is 1.20. The molecule has 3 atom stereocenters. The number of hydrogen-bond donors (Lipinski definition) is 4. The zero-order valence-corrected chi connectivity index (χ0v) is 26.0. The fourth-order valence-corrected chi connectivity index (χ4v) is 4.47. The number of benzene rings is 2. The number of phenolic OH excluding ortho intramolecular Hbond substituents is 2. The van der Waals surface area contributed by atoms with Crippen LogP contribution in [-0.2, 0) is 30.3 Å². The van der Waals surface area contributed by atoms with E-state index >= 15 is 0 Å². The Kier molecular flexibility index (Phi) is 12.8. The highest BCUT2D eigenvalue weighted by Gasteiger charge is 2.39. The Morgan fingerprint density at radius 1 is 0.930 bits per heavy atom. The highest BCUT2D eigenvalue weighted by Crippen LogP contribution is 2.30. The van der Waals surface area contributed by atoms with E-state index in [1.54, 1.807) is 45.0 Å². The van der Waals surface area contributed by atoms with Gasteiger partial charge in [0.25, 0.3) is 0 Å². The molecule has 2 aromatic rings. The van der Waals surface area contributed by atoms with Gasteiger partial charge in [-0.15, -0.1) is 0 Å². The van der Waals surface area contributed by atoms with Crippen molar-refractivity contribution in [1.29, 1.82) is 0 Å². The minimum atomic E-state index is -1.27. The molecule has 3 amide bonds. The Labute approximate surface area is 253 Å². The summed E-state index contributed by atoms with van der Waals surface area (Å²) in [5.74, 6) is -1.68. The number of esters is 1. The van der Waals surface area contributed by atoms with Crippen LogP contribution in [0, 0.1) is 5.92 Å². The van der Waals surface area contributed by atoms with Crippen LogP contribution >= 0.6 is 0 Å². The molecule has 0 radical (unpaired) electrons. The third-order valence-corrected chi connectivity index (χ3v) is 6.60. The van der Waals surface area contributed by atoms with E-state index in [1.165, 1.54) is 36.3 Å². The number of carbonyl (C=O) groups is 4. The molecule has 0 aliphatic rings. The average molecular weight is 600 g/mol. The van der Waals surface area contributed by atoms with Crippen molar-refractivity contribution in [3.8, 4) is 11.5 Å². The lowest BCUT2D eigenvalue weighted by Crippen LogP contribution is -2.56. The summed E-state index contributed by atoms with van der Waals surface area (Å²) in [6.45, 7) is 10.6. The van der Waals surface area contributed by atoms with Gasteiger partial charge in [-0.05, 0) is 81.8 Å². The predicted octanol–water partition coefficient (Wildman–Crippen LogP) is 4.22. The second-order valence-corrected chi connectivity index (χ2v) is 11.9. The second kappa shape index (κ2) is 15.8. The van der Waals surface area contributed by atoms with E-state index in [-0.39, 0.29) is 17.9 Å². The average Bonchev–Trinajstić information content (AvgIpc) is 2.92. The molecular weight excluding hydrogens is 554 g/mol. The minimum absolute atomic E-state index is 0.0301. The van der Waals surface area contributed by atoms with Gasteiger partial charge >= 0.3 is 12.1 Å². The lowest BCUT2D eigenvalue weighted by Gasteiger charge is -2.39. The van der Waals surface area contributed by atoms with E-state index in [0.717, 1.165) is 6.42 Å². The summed E-state index contributed by atoms with van der Waals surface area (Å²) in [5, 5.41) is 25.3. The molecule has 11 nitrogen and oxygen atoms in total. The van der Waals surface area contributed by atoms with Gasteiger partial charge in [-0.1, -0.05) is 38.1 Å². The molecule has 0 saturated heterocycles. The van der Waals surface area contributed by atoms with E-state index in [4.69, 9.17) is 4.74 Å². The van der Waals surface area contributed by atoms with Crippen LogP contribution in [0.3, 0.4) is 0 Å². The zero-order valence-electron chi connectivity index (χ0n) is 26.0. The van der Waals surface area contributed by atoms with Gasteiger partial charge in [0.05, 0.1) is 7.11 Å². The normalized spacial score (nSPS) is 13.4. The number of amides is 3. The Morgan fingerprint density at radius 3 is 2.14 bits per heavy atom. The summed E-state index contributed by atoms with van der Waals surface area (Å²) in [4.78, 5) is 54.6. The van der Waals surface area contributed by atoms with Gasteiger partial charge in [-0.2, -0.15) is 0 Å². The molecule has 2 rings (SSSR count). The molecule has 236 valence electrons. The summed E-state index contributed by atoms with van der Waals surface area (Å²) in [6, 6.07) is 9.26. The third kappa shape index (κ3) is 11.5. The lowest BCUT2D eigenvalue weighted by molar-refractivity contribution is -0.146.